The number of aromatic nitrogens is 3. The van der Waals surface area contributed by atoms with Crippen LogP contribution < -0.4 is 15.0 Å². The second kappa shape index (κ2) is 12.2. The number of aliphatic imine (C=N–C) groups is 1. The maximum absolute atomic E-state index is 13.1. The number of carbonyl (C=O) groups excluding carboxylic acids is 2. The molecular formula is C31H29F3N6O3S. The molecule has 0 saturated carbocycles. The Kier molecular flexibility index (Phi) is 8.51. The Bertz CT molecular complexity index is 1700. The van der Waals surface area contributed by atoms with Gasteiger partial charge in [-0.2, -0.15) is 4.99 Å². The van der Waals surface area contributed by atoms with Crippen LogP contribution in [0, 0.1) is 0 Å². The van der Waals surface area contributed by atoms with E-state index in [0.29, 0.717) is 22.2 Å². The van der Waals surface area contributed by atoms with Gasteiger partial charge in [0.05, 0.1) is 22.7 Å². The van der Waals surface area contributed by atoms with Gasteiger partial charge in [0.2, 0.25) is 5.91 Å². The highest BCUT2D eigenvalue weighted by Crippen LogP contribution is 2.33. The lowest BCUT2D eigenvalue weighted by Crippen LogP contribution is -2.40. The van der Waals surface area contributed by atoms with Gasteiger partial charge in [-0.25, -0.2) is 14.5 Å². The van der Waals surface area contributed by atoms with Gasteiger partial charge in [-0.3, -0.25) is 9.69 Å². The van der Waals surface area contributed by atoms with Crippen molar-refractivity contribution in [1.82, 2.24) is 20.1 Å². The van der Waals surface area contributed by atoms with Crippen LogP contribution in [-0.4, -0.2) is 44.0 Å². The van der Waals surface area contributed by atoms with Crippen molar-refractivity contribution in [3.8, 4) is 22.8 Å². The number of thioether (sulfide) groups is 1. The van der Waals surface area contributed by atoms with Crippen molar-refractivity contribution in [1.29, 1.82) is 0 Å². The number of benzene rings is 3. The molecule has 0 bridgehead atoms. The maximum Gasteiger partial charge on any atom is 0.573 e. The maximum atomic E-state index is 13.1. The highest BCUT2D eigenvalue weighted by atomic mass is 32.2. The first kappa shape index (κ1) is 30.8. The van der Waals surface area contributed by atoms with E-state index in [0.717, 1.165) is 16.8 Å². The van der Waals surface area contributed by atoms with E-state index in [1.807, 2.05) is 76.2 Å². The fourth-order valence-corrected chi connectivity index (χ4v) is 5.53. The number of amides is 3. The lowest BCUT2D eigenvalue weighted by molar-refractivity contribution is -0.274. The molecule has 0 spiro atoms. The second-order valence-corrected chi connectivity index (χ2v) is 11.8. The number of carbonyl (C=O) groups is 2. The number of nitrogens with zero attached hydrogens (tertiary/aromatic N) is 5. The summed E-state index contributed by atoms with van der Waals surface area (Å²) in [5, 5.41) is 7.69. The fourth-order valence-electron chi connectivity index (χ4n) is 4.67. The molecule has 1 aliphatic rings. The molecule has 1 fully saturated rings. The quantitative estimate of drug-likeness (QED) is 0.237. The number of halogens is 3. The van der Waals surface area contributed by atoms with Gasteiger partial charge in [0, 0.05) is 5.56 Å². The lowest BCUT2D eigenvalue weighted by Gasteiger charge is -2.26. The average Bonchev–Trinajstić information content (AvgIpc) is 3.59. The zero-order valence-electron chi connectivity index (χ0n) is 24.3. The van der Waals surface area contributed by atoms with Gasteiger partial charge < -0.3 is 10.1 Å². The predicted octanol–water partition coefficient (Wildman–Crippen LogP) is 7.04. The topological polar surface area (TPSA) is 102 Å². The SMILES string of the molecule is CC(C)c1ccccc1N1C(=O)CSC1=NC(=O)NC(C)(C)c1ccc(-c2ncn(-c3ccc(OC(F)(F)F)cc3)n2)cc1. The van der Waals surface area contributed by atoms with E-state index in [-0.39, 0.29) is 23.3 Å². The second-order valence-electron chi connectivity index (χ2n) is 10.8. The summed E-state index contributed by atoms with van der Waals surface area (Å²) in [5.41, 5.74) is 2.92. The molecule has 1 N–H and O–H groups in total. The monoisotopic (exact) mass is 622 g/mol. The number of para-hydroxylation sites is 1. The smallest absolute Gasteiger partial charge is 0.406 e. The minimum Gasteiger partial charge on any atom is -0.406 e. The number of rotatable bonds is 7. The molecule has 3 aromatic carbocycles. The summed E-state index contributed by atoms with van der Waals surface area (Å²) >= 11 is 1.22. The number of amidine groups is 1. The molecule has 1 aromatic heterocycles. The van der Waals surface area contributed by atoms with Crippen LogP contribution in [-0.2, 0) is 10.3 Å². The van der Waals surface area contributed by atoms with Crippen molar-refractivity contribution in [2.75, 3.05) is 10.7 Å². The average molecular weight is 623 g/mol. The number of urea groups is 1. The van der Waals surface area contributed by atoms with Crippen molar-refractivity contribution in [3.05, 3.63) is 90.3 Å². The molecule has 3 amide bonds. The predicted molar refractivity (Wildman–Crippen MR) is 163 cm³/mol. The molecule has 1 saturated heterocycles. The fraction of sp³-hybridized carbons (Fsp3) is 0.258. The zero-order valence-corrected chi connectivity index (χ0v) is 25.1. The Labute approximate surface area is 256 Å². The van der Waals surface area contributed by atoms with Crippen molar-refractivity contribution >= 4 is 34.6 Å². The number of nitrogens with one attached hydrogen (secondary N) is 1. The summed E-state index contributed by atoms with van der Waals surface area (Å²) in [6.07, 6.45) is -3.31. The standard InChI is InChI=1S/C31H29F3N6O3S/c1-19(2)24-7-5-6-8-25(24)40-26(41)17-44-29(40)36-28(42)37-30(3,4)21-11-9-20(10-12-21)27-35-18-39(38-27)22-13-15-23(16-14-22)43-31(32,33)34/h5-16,18-19H,17H2,1-4H3,(H,37,42). The van der Waals surface area contributed by atoms with Crippen LogP contribution in [0.2, 0.25) is 0 Å². The van der Waals surface area contributed by atoms with Crippen molar-refractivity contribution in [2.45, 2.75) is 45.5 Å². The molecular weight excluding hydrogens is 593 g/mol. The molecule has 5 rings (SSSR count). The molecule has 44 heavy (non-hydrogen) atoms. The van der Waals surface area contributed by atoms with Gasteiger partial charge in [-0.15, -0.1) is 18.3 Å². The highest BCUT2D eigenvalue weighted by Gasteiger charge is 2.33. The first-order valence-corrected chi connectivity index (χ1v) is 14.6. The summed E-state index contributed by atoms with van der Waals surface area (Å²) in [5.74, 6) is 0.324. The van der Waals surface area contributed by atoms with Gasteiger partial charge in [-0.1, -0.05) is 68.1 Å². The van der Waals surface area contributed by atoms with E-state index in [2.05, 4.69) is 25.1 Å². The summed E-state index contributed by atoms with van der Waals surface area (Å²) in [7, 11) is 0. The summed E-state index contributed by atoms with van der Waals surface area (Å²) in [6, 6.07) is 19.6. The van der Waals surface area contributed by atoms with Gasteiger partial charge in [-0.05, 0) is 61.2 Å². The molecule has 228 valence electrons. The number of hydrogen-bond donors (Lipinski definition) is 1. The first-order chi connectivity index (χ1) is 20.8. The number of hydrogen-bond acceptors (Lipinski definition) is 6. The Morgan fingerprint density at radius 3 is 2.36 bits per heavy atom. The van der Waals surface area contributed by atoms with Crippen molar-refractivity contribution in [2.24, 2.45) is 4.99 Å². The molecule has 13 heteroatoms. The molecule has 0 radical (unpaired) electrons. The Hall–Kier alpha value is -4.65. The summed E-state index contributed by atoms with van der Waals surface area (Å²) in [6.45, 7) is 7.78. The third-order valence-corrected chi connectivity index (χ3v) is 7.80. The van der Waals surface area contributed by atoms with E-state index in [4.69, 9.17) is 0 Å². The minimum absolute atomic E-state index is 0.131. The normalized spacial score (nSPS) is 14.9. The number of ether oxygens (including phenoxy) is 1. The Morgan fingerprint density at radius 2 is 1.70 bits per heavy atom. The largest absolute Gasteiger partial charge is 0.573 e. The van der Waals surface area contributed by atoms with Gasteiger partial charge in [0.15, 0.2) is 11.0 Å². The third kappa shape index (κ3) is 6.94. The van der Waals surface area contributed by atoms with E-state index >= 15 is 0 Å². The highest BCUT2D eigenvalue weighted by molar-refractivity contribution is 8.15. The summed E-state index contributed by atoms with van der Waals surface area (Å²) < 4.78 is 42.6. The van der Waals surface area contributed by atoms with Gasteiger partial charge in [0.25, 0.3) is 0 Å². The Morgan fingerprint density at radius 1 is 1.02 bits per heavy atom. The number of anilines is 1. The van der Waals surface area contributed by atoms with E-state index in [1.54, 1.807) is 0 Å². The van der Waals surface area contributed by atoms with Crippen LogP contribution in [0.25, 0.3) is 17.1 Å². The molecule has 1 aliphatic heterocycles. The molecule has 2 heterocycles. The van der Waals surface area contributed by atoms with Crippen LogP contribution in [0.5, 0.6) is 5.75 Å². The van der Waals surface area contributed by atoms with E-state index in [1.165, 1.54) is 51.9 Å². The van der Waals surface area contributed by atoms with Crippen molar-refractivity contribution < 1.29 is 27.5 Å². The molecule has 0 unspecified atom stereocenters. The van der Waals surface area contributed by atoms with Crippen LogP contribution in [0.4, 0.5) is 23.7 Å². The van der Waals surface area contributed by atoms with Crippen LogP contribution in [0.3, 0.4) is 0 Å². The summed E-state index contributed by atoms with van der Waals surface area (Å²) in [4.78, 5) is 35.9. The zero-order chi connectivity index (χ0) is 31.6. The minimum atomic E-state index is -4.77. The molecule has 9 nitrogen and oxygen atoms in total. The molecule has 4 aromatic rings. The third-order valence-electron chi connectivity index (χ3n) is 6.87. The van der Waals surface area contributed by atoms with Crippen molar-refractivity contribution in [3.63, 3.8) is 0 Å². The van der Waals surface area contributed by atoms with Crippen LogP contribution in [0.1, 0.15) is 44.7 Å². The van der Waals surface area contributed by atoms with E-state index < -0.39 is 17.9 Å². The van der Waals surface area contributed by atoms with Gasteiger partial charge in [0.1, 0.15) is 12.1 Å². The molecule has 0 aliphatic carbocycles. The van der Waals surface area contributed by atoms with Gasteiger partial charge >= 0.3 is 12.4 Å². The first-order valence-electron chi connectivity index (χ1n) is 13.6. The lowest BCUT2D eigenvalue weighted by atomic mass is 9.93. The number of alkyl halides is 3. The van der Waals surface area contributed by atoms with Crippen LogP contribution >= 0.6 is 11.8 Å². The Balaban J connectivity index is 1.28. The van der Waals surface area contributed by atoms with E-state index in [9.17, 15) is 22.8 Å². The molecule has 0 atom stereocenters. The van der Waals surface area contributed by atoms with Crippen LogP contribution in [0.15, 0.2) is 84.1 Å².